The molecule has 1 fully saturated rings. The molecule has 0 aliphatic carbocycles. The molecule has 0 atom stereocenters. The fraction of sp³-hybridized carbons (Fsp3) is 0.357. The molecule has 11 nitrogen and oxygen atoms in total. The van der Waals surface area contributed by atoms with Crippen molar-refractivity contribution < 1.29 is 23.5 Å². The van der Waals surface area contributed by atoms with Gasteiger partial charge in [0.1, 0.15) is 23.1 Å². The summed E-state index contributed by atoms with van der Waals surface area (Å²) >= 11 is 5.80. The van der Waals surface area contributed by atoms with Crippen LogP contribution in [-0.2, 0) is 9.53 Å². The molecule has 4 rings (SSSR count). The Morgan fingerprint density at radius 2 is 1.73 bits per heavy atom. The first-order valence-electron chi connectivity index (χ1n) is 12.8. The molecule has 3 amide bonds. The maximum absolute atomic E-state index is 13.9. The van der Waals surface area contributed by atoms with Crippen LogP contribution in [0.2, 0.25) is 5.02 Å². The van der Waals surface area contributed by atoms with Crippen LogP contribution in [0.25, 0.3) is 0 Å². The molecule has 218 valence electrons. The number of nitrogens with one attached hydrogen (secondary N) is 2. The van der Waals surface area contributed by atoms with E-state index in [0.29, 0.717) is 37.0 Å². The molecule has 0 bridgehead atoms. The Labute approximate surface area is 243 Å². The van der Waals surface area contributed by atoms with Crippen LogP contribution in [0.4, 0.5) is 21.7 Å². The van der Waals surface area contributed by atoms with Crippen molar-refractivity contribution in [3.8, 4) is 0 Å². The molecule has 0 unspecified atom stereocenters. The first kappa shape index (κ1) is 31.4. The van der Waals surface area contributed by atoms with Gasteiger partial charge in [-0.1, -0.05) is 11.6 Å². The number of ether oxygens (including phenoxy) is 1. The molecular formula is C28H33ClFN7O4. The van der Waals surface area contributed by atoms with E-state index in [1.807, 2.05) is 25.7 Å². The molecule has 41 heavy (non-hydrogen) atoms. The molecular weight excluding hydrogens is 553 g/mol. The number of amides is 3. The molecule has 0 saturated carbocycles. The lowest BCUT2D eigenvalue weighted by molar-refractivity contribution is -0.117. The number of carbonyl (C=O) groups is 3. The average molecular weight is 586 g/mol. The van der Waals surface area contributed by atoms with Gasteiger partial charge in [0.05, 0.1) is 34.3 Å². The highest BCUT2D eigenvalue weighted by Crippen LogP contribution is 2.20. The lowest BCUT2D eigenvalue weighted by Crippen LogP contribution is -2.30. The Bertz CT molecular complexity index is 1330. The van der Waals surface area contributed by atoms with Crippen molar-refractivity contribution in [2.45, 2.75) is 32.8 Å². The van der Waals surface area contributed by atoms with Crippen molar-refractivity contribution in [3.05, 3.63) is 71.0 Å². The molecule has 3 heterocycles. The predicted octanol–water partition coefficient (Wildman–Crippen LogP) is 4.27. The number of carbonyl (C=O) groups excluding carboxylic acids is 3. The van der Waals surface area contributed by atoms with Gasteiger partial charge in [0.2, 0.25) is 6.41 Å². The maximum atomic E-state index is 13.9. The second-order valence-electron chi connectivity index (χ2n) is 10.0. The summed E-state index contributed by atoms with van der Waals surface area (Å²) in [7, 11) is 1.71. The van der Waals surface area contributed by atoms with Crippen LogP contribution in [0.15, 0.2) is 48.9 Å². The van der Waals surface area contributed by atoms with E-state index in [1.165, 1.54) is 30.7 Å². The Morgan fingerprint density at radius 3 is 2.34 bits per heavy atom. The van der Waals surface area contributed by atoms with Crippen molar-refractivity contribution in [3.63, 3.8) is 0 Å². The van der Waals surface area contributed by atoms with Gasteiger partial charge in [0.25, 0.3) is 11.8 Å². The fourth-order valence-corrected chi connectivity index (χ4v) is 3.62. The van der Waals surface area contributed by atoms with Crippen molar-refractivity contribution in [2.75, 3.05) is 48.8 Å². The zero-order valence-corrected chi connectivity index (χ0v) is 24.1. The number of halogens is 2. The second kappa shape index (κ2) is 14.5. The second-order valence-corrected chi connectivity index (χ2v) is 10.5. The standard InChI is InChI=1S/C23H21ClFN7O3.C5H12O/c24-15-2-5-20(27-11-15)30-22(34)17-10-16(25)3-4-18(17)29-23(35)19-12-28-21(13-26-19)32-7-1-6-31(14-33)8-9-32;1-5(2,3)6-4/h2-5,10-14H,1,6-9H2,(H,29,35)(H,27,30,34);1-4H3. The molecule has 2 aromatic heterocycles. The monoisotopic (exact) mass is 585 g/mol. The van der Waals surface area contributed by atoms with E-state index in [2.05, 4.69) is 25.6 Å². The van der Waals surface area contributed by atoms with E-state index < -0.39 is 17.6 Å². The number of pyridine rings is 1. The molecule has 0 radical (unpaired) electrons. The number of nitrogens with zero attached hydrogens (tertiary/aromatic N) is 5. The Balaban J connectivity index is 0.000000696. The Hall–Kier alpha value is -4.16. The van der Waals surface area contributed by atoms with Gasteiger partial charge >= 0.3 is 0 Å². The minimum absolute atomic E-state index is 0.0214. The van der Waals surface area contributed by atoms with Gasteiger partial charge in [-0.15, -0.1) is 0 Å². The minimum Gasteiger partial charge on any atom is -0.379 e. The number of methoxy groups -OCH3 is 1. The highest BCUT2D eigenvalue weighted by molar-refractivity contribution is 6.30. The normalized spacial score (nSPS) is 13.4. The molecule has 1 aliphatic rings. The van der Waals surface area contributed by atoms with Crippen molar-refractivity contribution in [1.29, 1.82) is 0 Å². The lowest BCUT2D eigenvalue weighted by atomic mass is 10.1. The van der Waals surface area contributed by atoms with E-state index in [-0.39, 0.29) is 28.4 Å². The lowest BCUT2D eigenvalue weighted by Gasteiger charge is -2.21. The van der Waals surface area contributed by atoms with Crippen LogP contribution < -0.4 is 15.5 Å². The number of rotatable bonds is 6. The predicted molar refractivity (Wildman–Crippen MR) is 155 cm³/mol. The summed E-state index contributed by atoms with van der Waals surface area (Å²) < 4.78 is 18.8. The largest absolute Gasteiger partial charge is 0.379 e. The van der Waals surface area contributed by atoms with E-state index in [1.54, 1.807) is 18.1 Å². The van der Waals surface area contributed by atoms with Crippen LogP contribution in [0.5, 0.6) is 0 Å². The Morgan fingerprint density at radius 1 is 0.976 bits per heavy atom. The van der Waals surface area contributed by atoms with E-state index >= 15 is 0 Å². The summed E-state index contributed by atoms with van der Waals surface area (Å²) in [5.41, 5.74) is 0.0623. The molecule has 13 heteroatoms. The van der Waals surface area contributed by atoms with Gasteiger partial charge in [-0.3, -0.25) is 14.4 Å². The summed E-state index contributed by atoms with van der Waals surface area (Å²) in [5, 5.41) is 5.52. The molecule has 1 aromatic carbocycles. The minimum atomic E-state index is -0.665. The summed E-state index contributed by atoms with van der Waals surface area (Å²) in [4.78, 5) is 52.7. The zero-order chi connectivity index (χ0) is 30.0. The van der Waals surface area contributed by atoms with Crippen LogP contribution >= 0.6 is 11.6 Å². The summed E-state index contributed by atoms with van der Waals surface area (Å²) in [6.45, 7) is 8.63. The van der Waals surface area contributed by atoms with Crippen LogP contribution in [0.3, 0.4) is 0 Å². The summed E-state index contributed by atoms with van der Waals surface area (Å²) in [6, 6.07) is 6.47. The van der Waals surface area contributed by atoms with Gasteiger partial charge < -0.3 is 25.2 Å². The molecule has 2 N–H and O–H groups in total. The molecule has 3 aromatic rings. The number of benzene rings is 1. The van der Waals surface area contributed by atoms with Crippen molar-refractivity contribution in [2.24, 2.45) is 0 Å². The molecule has 1 aliphatic heterocycles. The van der Waals surface area contributed by atoms with E-state index in [0.717, 1.165) is 25.0 Å². The van der Waals surface area contributed by atoms with Crippen molar-refractivity contribution in [1.82, 2.24) is 19.9 Å². The smallest absolute Gasteiger partial charge is 0.275 e. The van der Waals surface area contributed by atoms with Crippen molar-refractivity contribution >= 4 is 47.1 Å². The SMILES string of the molecule is COC(C)(C)C.O=CN1CCCN(c2cnc(C(=O)Nc3ccc(F)cc3C(=O)Nc3ccc(Cl)cn3)cn2)CC1. The fourth-order valence-electron chi connectivity index (χ4n) is 3.51. The third kappa shape index (κ3) is 9.76. The Kier molecular flexibility index (Phi) is 11.1. The van der Waals surface area contributed by atoms with Crippen LogP contribution in [0.1, 0.15) is 48.0 Å². The molecule has 0 spiro atoms. The van der Waals surface area contributed by atoms with Crippen LogP contribution in [-0.4, -0.2) is 77.0 Å². The zero-order valence-electron chi connectivity index (χ0n) is 23.4. The molecule has 1 saturated heterocycles. The van der Waals surface area contributed by atoms with Gasteiger partial charge in [0.15, 0.2) is 0 Å². The third-order valence-electron chi connectivity index (χ3n) is 5.93. The quantitative estimate of drug-likeness (QED) is 0.410. The first-order chi connectivity index (χ1) is 19.5. The average Bonchev–Trinajstić information content (AvgIpc) is 3.21. The number of hydrogen-bond donors (Lipinski definition) is 2. The topological polar surface area (TPSA) is 130 Å². The maximum Gasteiger partial charge on any atom is 0.275 e. The summed E-state index contributed by atoms with van der Waals surface area (Å²) in [6.07, 6.45) is 5.80. The first-order valence-corrected chi connectivity index (χ1v) is 13.2. The highest BCUT2D eigenvalue weighted by Gasteiger charge is 2.19. The van der Waals surface area contributed by atoms with Gasteiger partial charge in [-0.05, 0) is 57.5 Å². The number of hydrogen-bond acceptors (Lipinski definition) is 8. The van der Waals surface area contributed by atoms with E-state index in [4.69, 9.17) is 16.3 Å². The number of aromatic nitrogens is 3. The van der Waals surface area contributed by atoms with Gasteiger partial charge in [-0.25, -0.2) is 19.3 Å². The van der Waals surface area contributed by atoms with E-state index in [9.17, 15) is 18.8 Å². The number of anilines is 3. The van der Waals surface area contributed by atoms with Gasteiger partial charge in [0, 0.05) is 39.5 Å². The third-order valence-corrected chi connectivity index (χ3v) is 6.15. The summed E-state index contributed by atoms with van der Waals surface area (Å²) in [5.74, 6) is -1.12. The highest BCUT2D eigenvalue weighted by atomic mass is 35.5. The van der Waals surface area contributed by atoms with Crippen LogP contribution in [0, 0.1) is 5.82 Å². The van der Waals surface area contributed by atoms with Gasteiger partial charge in [-0.2, -0.15) is 0 Å².